The summed E-state index contributed by atoms with van der Waals surface area (Å²) in [5.41, 5.74) is 5.50. The van der Waals surface area contributed by atoms with Gasteiger partial charge in [0.05, 0.1) is 5.69 Å². The van der Waals surface area contributed by atoms with Crippen LogP contribution in [-0.2, 0) is 6.61 Å². The molecule has 94 valence electrons. The van der Waals surface area contributed by atoms with Crippen molar-refractivity contribution in [2.24, 2.45) is 0 Å². The van der Waals surface area contributed by atoms with E-state index >= 15 is 0 Å². The van der Waals surface area contributed by atoms with Gasteiger partial charge in [-0.05, 0) is 24.3 Å². The van der Waals surface area contributed by atoms with Crippen molar-refractivity contribution in [3.63, 3.8) is 0 Å². The summed E-state index contributed by atoms with van der Waals surface area (Å²) in [7, 11) is 0. The van der Waals surface area contributed by atoms with Gasteiger partial charge in [0, 0.05) is 17.7 Å². The molecule has 0 fully saturated rings. The first-order valence-electron chi connectivity index (χ1n) is 5.18. The maximum Gasteiger partial charge on any atom is 0.149 e. The number of nitrogen functional groups attached to an aromatic ring is 1. The van der Waals surface area contributed by atoms with E-state index in [1.165, 1.54) is 18.2 Å². The average molecular weight is 253 g/mol. The van der Waals surface area contributed by atoms with Gasteiger partial charge in [0.25, 0.3) is 0 Å². The van der Waals surface area contributed by atoms with E-state index in [1.54, 1.807) is 0 Å². The molecule has 2 aromatic rings. The molecule has 0 unspecified atom stereocenters. The predicted octanol–water partition coefficient (Wildman–Crippen LogP) is 3.27. The van der Waals surface area contributed by atoms with E-state index in [-0.39, 0.29) is 23.6 Å². The molecule has 2 N–H and O–H groups in total. The predicted molar refractivity (Wildman–Crippen MR) is 61.5 cm³/mol. The van der Waals surface area contributed by atoms with Crippen LogP contribution in [-0.4, -0.2) is 0 Å². The Hall–Kier alpha value is -2.17. The first-order chi connectivity index (χ1) is 8.56. The van der Waals surface area contributed by atoms with Crippen LogP contribution in [0.25, 0.3) is 0 Å². The lowest BCUT2D eigenvalue weighted by Crippen LogP contribution is -2.00. The fourth-order valence-corrected chi connectivity index (χ4v) is 1.40. The lowest BCUT2D eigenvalue weighted by Gasteiger charge is -2.08. The maximum atomic E-state index is 13.3. The number of halogens is 3. The highest BCUT2D eigenvalue weighted by Gasteiger charge is 2.06. The molecule has 0 aliphatic carbocycles. The maximum absolute atomic E-state index is 13.3. The number of nitrogens with two attached hydrogens (primary N) is 1. The number of hydrogen-bond acceptors (Lipinski definition) is 2. The quantitative estimate of drug-likeness (QED) is 0.852. The summed E-state index contributed by atoms with van der Waals surface area (Å²) in [4.78, 5) is 0. The van der Waals surface area contributed by atoms with E-state index in [0.29, 0.717) is 0 Å². The second-order valence-electron chi connectivity index (χ2n) is 3.71. The van der Waals surface area contributed by atoms with E-state index in [2.05, 4.69) is 0 Å². The largest absolute Gasteiger partial charge is 0.489 e. The lowest BCUT2D eigenvalue weighted by atomic mass is 10.2. The van der Waals surface area contributed by atoms with Gasteiger partial charge in [0.1, 0.15) is 29.8 Å². The third-order valence-electron chi connectivity index (χ3n) is 2.38. The summed E-state index contributed by atoms with van der Waals surface area (Å²) < 4.78 is 44.2. The summed E-state index contributed by atoms with van der Waals surface area (Å²) in [5, 5.41) is 0. The van der Waals surface area contributed by atoms with Crippen molar-refractivity contribution in [3.8, 4) is 5.75 Å². The first-order valence-corrected chi connectivity index (χ1v) is 5.18. The molecule has 18 heavy (non-hydrogen) atoms. The molecule has 0 aliphatic heterocycles. The lowest BCUT2D eigenvalue weighted by molar-refractivity contribution is 0.298. The molecule has 2 aromatic carbocycles. The third-order valence-corrected chi connectivity index (χ3v) is 2.38. The van der Waals surface area contributed by atoms with Crippen LogP contribution in [0.15, 0.2) is 36.4 Å². The van der Waals surface area contributed by atoms with Crippen molar-refractivity contribution in [2.45, 2.75) is 6.61 Å². The molecule has 2 nitrogen and oxygen atoms in total. The Bertz CT molecular complexity index is 572. The van der Waals surface area contributed by atoms with Crippen molar-refractivity contribution in [3.05, 3.63) is 59.4 Å². The Labute approximate surface area is 102 Å². The first kappa shape index (κ1) is 12.3. The van der Waals surface area contributed by atoms with E-state index in [4.69, 9.17) is 10.5 Å². The van der Waals surface area contributed by atoms with Gasteiger partial charge in [-0.15, -0.1) is 0 Å². The molecule has 0 atom stereocenters. The van der Waals surface area contributed by atoms with Gasteiger partial charge >= 0.3 is 0 Å². The summed E-state index contributed by atoms with van der Waals surface area (Å²) in [6, 6.07) is 7.11. The fourth-order valence-electron chi connectivity index (χ4n) is 1.40. The van der Waals surface area contributed by atoms with Crippen molar-refractivity contribution in [1.82, 2.24) is 0 Å². The average Bonchev–Trinajstić information content (AvgIpc) is 2.32. The minimum Gasteiger partial charge on any atom is -0.489 e. The number of benzene rings is 2. The Balaban J connectivity index is 2.09. The molecule has 0 amide bonds. The number of ether oxygens (including phenoxy) is 1. The molecule has 0 aromatic heterocycles. The van der Waals surface area contributed by atoms with E-state index in [0.717, 1.165) is 18.2 Å². The zero-order valence-corrected chi connectivity index (χ0v) is 9.29. The second-order valence-corrected chi connectivity index (χ2v) is 3.71. The van der Waals surface area contributed by atoms with Crippen molar-refractivity contribution in [2.75, 3.05) is 5.73 Å². The van der Waals surface area contributed by atoms with Crippen LogP contribution in [0.2, 0.25) is 0 Å². The SMILES string of the molecule is Nc1ccc(OCc2ccc(F)cc2F)cc1F. The highest BCUT2D eigenvalue weighted by Crippen LogP contribution is 2.19. The van der Waals surface area contributed by atoms with Crippen LogP contribution in [0, 0.1) is 17.5 Å². The van der Waals surface area contributed by atoms with E-state index < -0.39 is 17.5 Å². The van der Waals surface area contributed by atoms with Gasteiger partial charge in [-0.2, -0.15) is 0 Å². The fraction of sp³-hybridized carbons (Fsp3) is 0.0769. The van der Waals surface area contributed by atoms with Crippen LogP contribution in [0.4, 0.5) is 18.9 Å². The highest BCUT2D eigenvalue weighted by molar-refractivity contribution is 5.43. The highest BCUT2D eigenvalue weighted by atomic mass is 19.1. The van der Waals surface area contributed by atoms with Crippen LogP contribution in [0.1, 0.15) is 5.56 Å². The van der Waals surface area contributed by atoms with Gasteiger partial charge < -0.3 is 10.5 Å². The second kappa shape index (κ2) is 5.00. The molecular weight excluding hydrogens is 243 g/mol. The number of anilines is 1. The zero-order valence-electron chi connectivity index (χ0n) is 9.29. The summed E-state index contributed by atoms with van der Waals surface area (Å²) in [6.45, 7) is -0.116. The van der Waals surface area contributed by atoms with E-state index in [9.17, 15) is 13.2 Å². The molecule has 0 bridgehead atoms. The van der Waals surface area contributed by atoms with Crippen molar-refractivity contribution >= 4 is 5.69 Å². The minimum absolute atomic E-state index is 0.00955. The molecule has 0 saturated heterocycles. The summed E-state index contributed by atoms with van der Waals surface area (Å²) in [6.07, 6.45) is 0. The Morgan fingerprint density at radius 2 is 1.72 bits per heavy atom. The molecule has 0 saturated carbocycles. The zero-order chi connectivity index (χ0) is 13.1. The van der Waals surface area contributed by atoms with Crippen LogP contribution >= 0.6 is 0 Å². The van der Waals surface area contributed by atoms with Gasteiger partial charge in [-0.25, -0.2) is 13.2 Å². The van der Waals surface area contributed by atoms with Crippen LogP contribution in [0.5, 0.6) is 5.75 Å². The molecule has 0 spiro atoms. The van der Waals surface area contributed by atoms with Crippen LogP contribution < -0.4 is 10.5 Å². The van der Waals surface area contributed by atoms with Gasteiger partial charge in [0.2, 0.25) is 0 Å². The smallest absolute Gasteiger partial charge is 0.149 e. The Morgan fingerprint density at radius 3 is 2.39 bits per heavy atom. The minimum atomic E-state index is -0.703. The summed E-state index contributed by atoms with van der Waals surface area (Å²) in [5.74, 6) is -1.74. The third kappa shape index (κ3) is 2.74. The molecular formula is C13H10F3NO. The normalized spacial score (nSPS) is 10.4. The Kier molecular flexibility index (Phi) is 3.41. The topological polar surface area (TPSA) is 35.2 Å². The monoisotopic (exact) mass is 253 g/mol. The molecule has 2 rings (SSSR count). The molecule has 0 aliphatic rings. The van der Waals surface area contributed by atoms with Crippen LogP contribution in [0.3, 0.4) is 0 Å². The standard InChI is InChI=1S/C13H10F3NO/c14-9-2-1-8(11(15)5-9)7-18-10-3-4-13(17)12(16)6-10/h1-6H,7,17H2. The molecule has 0 heterocycles. The van der Waals surface area contributed by atoms with E-state index in [1.807, 2.05) is 0 Å². The summed E-state index contributed by atoms with van der Waals surface area (Å²) >= 11 is 0. The Morgan fingerprint density at radius 1 is 0.944 bits per heavy atom. The van der Waals surface area contributed by atoms with Gasteiger partial charge in [-0.1, -0.05) is 0 Å². The van der Waals surface area contributed by atoms with Gasteiger partial charge in [-0.3, -0.25) is 0 Å². The number of rotatable bonds is 3. The molecule has 5 heteroatoms. The van der Waals surface area contributed by atoms with Crippen molar-refractivity contribution < 1.29 is 17.9 Å². The van der Waals surface area contributed by atoms with Gasteiger partial charge in [0.15, 0.2) is 0 Å². The van der Waals surface area contributed by atoms with Crippen molar-refractivity contribution in [1.29, 1.82) is 0 Å². The number of hydrogen-bond donors (Lipinski definition) is 1. The molecule has 0 radical (unpaired) electrons.